The zero-order chi connectivity index (χ0) is 57.1. The molecule has 0 heterocycles. The van der Waals surface area contributed by atoms with E-state index < -0.39 is 12.1 Å². The summed E-state index contributed by atoms with van der Waals surface area (Å²) in [5.74, 6) is -1.08. The maximum absolute atomic E-state index is 12.9. The second-order valence-corrected chi connectivity index (χ2v) is 20.6. The largest absolute Gasteiger partial charge is 0.462 e. The van der Waals surface area contributed by atoms with Crippen molar-refractivity contribution in [2.75, 3.05) is 13.2 Å². The highest BCUT2D eigenvalue weighted by Crippen LogP contribution is 2.14. The number of rotatable bonds is 56. The number of carbonyl (C=O) groups is 3. The molecule has 0 saturated carbocycles. The van der Waals surface area contributed by atoms with E-state index >= 15 is 0 Å². The maximum atomic E-state index is 12.9. The van der Waals surface area contributed by atoms with Crippen molar-refractivity contribution in [2.45, 2.75) is 271 Å². The van der Waals surface area contributed by atoms with E-state index in [0.717, 1.165) is 128 Å². The molecule has 0 aliphatic rings. The molecule has 6 heteroatoms. The van der Waals surface area contributed by atoms with Gasteiger partial charge in [0.1, 0.15) is 13.2 Å². The van der Waals surface area contributed by atoms with Gasteiger partial charge in [0.25, 0.3) is 0 Å². The van der Waals surface area contributed by atoms with Gasteiger partial charge >= 0.3 is 17.9 Å². The van der Waals surface area contributed by atoms with E-state index in [1.807, 2.05) is 6.08 Å². The van der Waals surface area contributed by atoms with E-state index in [2.05, 4.69) is 167 Å². The molecule has 0 radical (unpaired) electrons. The van der Waals surface area contributed by atoms with Crippen LogP contribution in [0.25, 0.3) is 0 Å². The summed E-state index contributed by atoms with van der Waals surface area (Å²) in [5.41, 5.74) is 0. The van der Waals surface area contributed by atoms with Crippen LogP contribution in [0.15, 0.2) is 158 Å². The smallest absolute Gasteiger partial charge is 0.309 e. The van der Waals surface area contributed by atoms with Crippen molar-refractivity contribution in [1.82, 2.24) is 0 Å². The van der Waals surface area contributed by atoms with Gasteiger partial charge in [0.2, 0.25) is 0 Å². The van der Waals surface area contributed by atoms with Gasteiger partial charge in [-0.1, -0.05) is 275 Å². The molecule has 0 aromatic rings. The van der Waals surface area contributed by atoms with Crippen molar-refractivity contribution in [2.24, 2.45) is 0 Å². The highest BCUT2D eigenvalue weighted by molar-refractivity contribution is 5.72. The molecule has 0 aromatic heterocycles. The van der Waals surface area contributed by atoms with Crippen molar-refractivity contribution in [3.63, 3.8) is 0 Å². The van der Waals surface area contributed by atoms with E-state index in [1.54, 1.807) is 6.08 Å². The average molecular weight is 1090 g/mol. The van der Waals surface area contributed by atoms with Crippen molar-refractivity contribution in [1.29, 1.82) is 0 Å². The summed E-state index contributed by atoms with van der Waals surface area (Å²) >= 11 is 0. The number of allylic oxidation sites excluding steroid dienone is 25. The predicted molar refractivity (Wildman–Crippen MR) is 343 cm³/mol. The molecule has 6 nitrogen and oxygen atoms in total. The Morgan fingerprint density at radius 3 is 0.886 bits per heavy atom. The van der Waals surface area contributed by atoms with Crippen molar-refractivity contribution < 1.29 is 28.6 Å². The number of esters is 3. The fourth-order valence-corrected chi connectivity index (χ4v) is 8.31. The monoisotopic (exact) mass is 1090 g/mol. The molecule has 0 aliphatic heterocycles. The summed E-state index contributed by atoms with van der Waals surface area (Å²) in [6.45, 7) is 6.30. The molecule has 0 saturated heterocycles. The molecular formula is C73H116O6. The average Bonchev–Trinajstić information content (AvgIpc) is 3.45. The molecule has 0 N–H and O–H groups in total. The molecule has 1 unspecified atom stereocenters. The van der Waals surface area contributed by atoms with Crippen LogP contribution >= 0.6 is 0 Å². The zero-order valence-electron chi connectivity index (χ0n) is 50.8. The molecule has 0 rings (SSSR count). The van der Waals surface area contributed by atoms with E-state index in [-0.39, 0.29) is 31.6 Å². The van der Waals surface area contributed by atoms with Gasteiger partial charge in [-0.3, -0.25) is 14.4 Å². The van der Waals surface area contributed by atoms with E-state index in [0.29, 0.717) is 12.8 Å². The lowest BCUT2D eigenvalue weighted by atomic mass is 10.1. The number of unbranched alkanes of at least 4 members (excludes halogenated alkanes) is 20. The molecule has 0 amide bonds. The van der Waals surface area contributed by atoms with Crippen LogP contribution in [-0.4, -0.2) is 37.2 Å². The molecular weight excluding hydrogens is 973 g/mol. The third kappa shape index (κ3) is 63.7. The standard InChI is InChI=1S/C73H116O6/c1-4-7-10-13-16-19-22-25-28-30-32-34-35-36-37-39-40-42-45-48-51-54-57-60-63-66-72(75)78-69-70(68-77-71(74)65-62-59-56-53-50-47-44-27-24-21-18-15-12-9-6-3)79-73(76)67-64-61-58-55-52-49-46-43-41-38-33-31-29-26-23-20-17-14-11-8-5-2/h7,9-10,12,16,18-19,21,23,25-28,31-34,36-37,40,42,44,50,53,59,62,70H,4-6,8,11,13-15,17,20,22,24,29-30,35,38-39,41,43,45-49,51-52,54-58,60-61,63-69H2,1-3H3/b10-7-,12-9-,19-16-,21-18-,26-23-,28-25-,33-31-,34-32-,37-36-,42-40-,44-27-,53-50-,62-59-. The minimum Gasteiger partial charge on any atom is -0.462 e. The van der Waals surface area contributed by atoms with Crippen molar-refractivity contribution in [3.8, 4) is 0 Å². The van der Waals surface area contributed by atoms with Crippen LogP contribution in [0.2, 0.25) is 0 Å². The van der Waals surface area contributed by atoms with Crippen LogP contribution < -0.4 is 0 Å². The second-order valence-electron chi connectivity index (χ2n) is 20.6. The second kappa shape index (κ2) is 65.5. The summed E-state index contributed by atoms with van der Waals surface area (Å²) in [4.78, 5) is 38.3. The Labute approximate surface area is 486 Å². The van der Waals surface area contributed by atoms with Crippen LogP contribution in [0.5, 0.6) is 0 Å². The topological polar surface area (TPSA) is 78.9 Å². The first-order chi connectivity index (χ1) is 39.0. The van der Waals surface area contributed by atoms with Crippen molar-refractivity contribution >= 4 is 17.9 Å². The van der Waals surface area contributed by atoms with E-state index in [1.165, 1.54) is 96.3 Å². The SMILES string of the molecule is CC/C=C\C/C=C\C/C=C\C/C=C\C/C=C\C/C=C\CCCCCCCCC(=O)OCC(COC(=O)C/C=C\C/C=C\C/C=C\C/C=C\C/C=C\CC)OC(=O)CCCCCCCCCCC/C=C\C/C=C\CCCCCCC. The Morgan fingerprint density at radius 2 is 0.544 bits per heavy atom. The molecule has 0 aliphatic carbocycles. The molecule has 444 valence electrons. The maximum Gasteiger partial charge on any atom is 0.309 e. The molecule has 0 fully saturated rings. The summed E-state index contributed by atoms with van der Waals surface area (Å²) in [6.07, 6.45) is 95.5. The highest BCUT2D eigenvalue weighted by Gasteiger charge is 2.19. The first-order valence-corrected chi connectivity index (χ1v) is 32.0. The molecule has 0 bridgehead atoms. The van der Waals surface area contributed by atoms with Crippen LogP contribution in [0, 0.1) is 0 Å². The third-order valence-corrected chi connectivity index (χ3v) is 13.0. The van der Waals surface area contributed by atoms with Crippen LogP contribution in [-0.2, 0) is 28.6 Å². The Kier molecular flexibility index (Phi) is 61.4. The summed E-state index contributed by atoms with van der Waals surface area (Å²) < 4.78 is 16.8. The number of ether oxygens (including phenoxy) is 3. The molecule has 79 heavy (non-hydrogen) atoms. The molecule has 0 aromatic carbocycles. The van der Waals surface area contributed by atoms with Gasteiger partial charge in [-0.15, -0.1) is 0 Å². The highest BCUT2D eigenvalue weighted by atomic mass is 16.6. The van der Waals surface area contributed by atoms with Gasteiger partial charge in [0.15, 0.2) is 6.10 Å². The summed E-state index contributed by atoms with van der Waals surface area (Å²) in [7, 11) is 0. The number of carbonyl (C=O) groups excluding carboxylic acids is 3. The predicted octanol–water partition coefficient (Wildman–Crippen LogP) is 22.1. The van der Waals surface area contributed by atoms with Crippen LogP contribution in [0.3, 0.4) is 0 Å². The lowest BCUT2D eigenvalue weighted by molar-refractivity contribution is -0.166. The number of hydrogen-bond donors (Lipinski definition) is 0. The Morgan fingerprint density at radius 1 is 0.278 bits per heavy atom. The van der Waals surface area contributed by atoms with Gasteiger partial charge in [-0.2, -0.15) is 0 Å². The van der Waals surface area contributed by atoms with Gasteiger partial charge in [0.05, 0.1) is 6.42 Å². The lowest BCUT2D eigenvalue weighted by Crippen LogP contribution is -2.30. The van der Waals surface area contributed by atoms with Crippen LogP contribution in [0.1, 0.15) is 265 Å². The number of hydrogen-bond acceptors (Lipinski definition) is 6. The zero-order valence-corrected chi connectivity index (χ0v) is 50.8. The summed E-state index contributed by atoms with van der Waals surface area (Å²) in [6, 6.07) is 0. The Bertz CT molecular complexity index is 1780. The van der Waals surface area contributed by atoms with E-state index in [4.69, 9.17) is 14.2 Å². The van der Waals surface area contributed by atoms with Gasteiger partial charge in [0, 0.05) is 12.8 Å². The molecule has 1 atom stereocenters. The van der Waals surface area contributed by atoms with Crippen molar-refractivity contribution in [3.05, 3.63) is 158 Å². The van der Waals surface area contributed by atoms with E-state index in [9.17, 15) is 14.4 Å². The van der Waals surface area contributed by atoms with Gasteiger partial charge in [-0.05, 0) is 128 Å². The first-order valence-electron chi connectivity index (χ1n) is 32.0. The lowest BCUT2D eigenvalue weighted by Gasteiger charge is -2.18. The minimum atomic E-state index is -0.836. The van der Waals surface area contributed by atoms with Gasteiger partial charge < -0.3 is 14.2 Å². The molecule has 0 spiro atoms. The quantitative estimate of drug-likeness (QED) is 0.0261. The first kappa shape index (κ1) is 74.0. The van der Waals surface area contributed by atoms with Crippen LogP contribution in [0.4, 0.5) is 0 Å². The third-order valence-electron chi connectivity index (χ3n) is 13.0. The minimum absolute atomic E-state index is 0.116. The Hall–Kier alpha value is -4.97. The summed E-state index contributed by atoms with van der Waals surface area (Å²) in [5, 5.41) is 0. The normalized spacial score (nSPS) is 13.2. The van der Waals surface area contributed by atoms with Gasteiger partial charge in [-0.25, -0.2) is 0 Å². The Balaban J connectivity index is 4.50. The fourth-order valence-electron chi connectivity index (χ4n) is 8.31. The fraction of sp³-hybridized carbons (Fsp3) is 0.603.